The van der Waals surface area contributed by atoms with E-state index in [1.807, 2.05) is 6.92 Å². The minimum absolute atomic E-state index is 0.235. The highest BCUT2D eigenvalue weighted by Crippen LogP contribution is 2.20. The van der Waals surface area contributed by atoms with Crippen LogP contribution in [0.1, 0.15) is 15.9 Å². The first-order chi connectivity index (χ1) is 8.16. The van der Waals surface area contributed by atoms with Crippen LogP contribution in [0.15, 0.2) is 36.8 Å². The lowest BCUT2D eigenvalue weighted by Crippen LogP contribution is -2.12. The number of carbonyl (C=O) groups is 1. The van der Waals surface area contributed by atoms with Crippen LogP contribution in [0, 0.1) is 6.92 Å². The lowest BCUT2D eigenvalue weighted by atomic mass is 10.2. The van der Waals surface area contributed by atoms with Crippen molar-refractivity contribution in [3.8, 4) is 0 Å². The van der Waals surface area contributed by atoms with Gasteiger partial charge in [0.15, 0.2) is 5.15 Å². The number of nitrogens with zero attached hydrogens (tertiary/aromatic N) is 2. The molecule has 5 heteroatoms. The molecule has 2 aromatic rings. The standard InChI is InChI=1S/C12H10ClN3O/c1-8-6-10(11(13)15-7-8)16-12(17)9-2-4-14-5-3-9/h2-7H,1H3,(H,16,17). The molecule has 17 heavy (non-hydrogen) atoms. The second-order valence-corrected chi connectivity index (χ2v) is 3.90. The molecule has 0 bridgehead atoms. The predicted octanol–water partition coefficient (Wildman–Crippen LogP) is 2.69. The zero-order chi connectivity index (χ0) is 12.3. The molecule has 0 atom stereocenters. The summed E-state index contributed by atoms with van der Waals surface area (Å²) in [4.78, 5) is 19.7. The first-order valence-electron chi connectivity index (χ1n) is 5.00. The van der Waals surface area contributed by atoms with Crippen LogP contribution < -0.4 is 5.32 Å². The number of aromatic nitrogens is 2. The average Bonchev–Trinajstić information content (AvgIpc) is 2.35. The van der Waals surface area contributed by atoms with Gasteiger partial charge in [-0.15, -0.1) is 0 Å². The van der Waals surface area contributed by atoms with E-state index >= 15 is 0 Å². The Balaban J connectivity index is 2.22. The fourth-order valence-electron chi connectivity index (χ4n) is 1.34. The van der Waals surface area contributed by atoms with Gasteiger partial charge in [-0.2, -0.15) is 0 Å². The smallest absolute Gasteiger partial charge is 0.255 e. The average molecular weight is 248 g/mol. The van der Waals surface area contributed by atoms with Crippen LogP contribution >= 0.6 is 11.6 Å². The SMILES string of the molecule is Cc1cnc(Cl)c(NC(=O)c2ccncc2)c1. The molecule has 2 heterocycles. The van der Waals surface area contributed by atoms with Crippen LogP contribution in [-0.2, 0) is 0 Å². The van der Waals surface area contributed by atoms with Gasteiger partial charge in [-0.05, 0) is 30.7 Å². The van der Waals surface area contributed by atoms with E-state index in [0.717, 1.165) is 5.56 Å². The molecule has 0 saturated carbocycles. The molecule has 2 rings (SSSR count). The quantitative estimate of drug-likeness (QED) is 0.830. The molecule has 0 radical (unpaired) electrons. The molecule has 0 aliphatic heterocycles. The summed E-state index contributed by atoms with van der Waals surface area (Å²) in [5.41, 5.74) is 1.96. The third-order valence-corrected chi connectivity index (χ3v) is 2.47. The van der Waals surface area contributed by atoms with E-state index in [1.54, 1.807) is 36.8 Å². The number of anilines is 1. The summed E-state index contributed by atoms with van der Waals surface area (Å²) in [6.07, 6.45) is 4.76. The van der Waals surface area contributed by atoms with Gasteiger partial charge in [-0.1, -0.05) is 11.6 Å². The maximum Gasteiger partial charge on any atom is 0.255 e. The van der Waals surface area contributed by atoms with E-state index < -0.39 is 0 Å². The summed E-state index contributed by atoms with van der Waals surface area (Å²) in [5, 5.41) is 2.98. The van der Waals surface area contributed by atoms with Gasteiger partial charge in [0.25, 0.3) is 5.91 Å². The van der Waals surface area contributed by atoms with E-state index in [4.69, 9.17) is 11.6 Å². The molecule has 0 aliphatic rings. The lowest BCUT2D eigenvalue weighted by Gasteiger charge is -2.07. The van der Waals surface area contributed by atoms with Crippen LogP contribution in [-0.4, -0.2) is 15.9 Å². The Kier molecular flexibility index (Phi) is 3.35. The Morgan fingerprint density at radius 3 is 2.76 bits per heavy atom. The molecule has 0 fully saturated rings. The maximum atomic E-state index is 11.9. The Hall–Kier alpha value is -1.94. The number of amides is 1. The molecule has 1 amide bonds. The molecule has 4 nitrogen and oxygen atoms in total. The van der Waals surface area contributed by atoms with E-state index in [9.17, 15) is 4.79 Å². The van der Waals surface area contributed by atoms with Crippen molar-refractivity contribution in [2.75, 3.05) is 5.32 Å². The molecule has 1 N–H and O–H groups in total. The highest BCUT2D eigenvalue weighted by atomic mass is 35.5. The molecule has 0 spiro atoms. The lowest BCUT2D eigenvalue weighted by molar-refractivity contribution is 0.102. The second-order valence-electron chi connectivity index (χ2n) is 3.54. The minimum atomic E-state index is -0.235. The van der Waals surface area contributed by atoms with Crippen LogP contribution in [0.3, 0.4) is 0 Å². The minimum Gasteiger partial charge on any atom is -0.319 e. The third kappa shape index (κ3) is 2.79. The highest BCUT2D eigenvalue weighted by molar-refractivity contribution is 6.32. The number of aryl methyl sites for hydroxylation is 1. The van der Waals surface area contributed by atoms with Gasteiger partial charge in [0.2, 0.25) is 0 Å². The number of halogens is 1. The number of rotatable bonds is 2. The molecule has 2 aromatic heterocycles. The summed E-state index contributed by atoms with van der Waals surface area (Å²) >= 11 is 5.89. The van der Waals surface area contributed by atoms with Crippen LogP contribution in [0.25, 0.3) is 0 Å². The zero-order valence-electron chi connectivity index (χ0n) is 9.14. The first-order valence-corrected chi connectivity index (χ1v) is 5.38. The van der Waals surface area contributed by atoms with Crippen molar-refractivity contribution in [3.05, 3.63) is 53.1 Å². The Morgan fingerprint density at radius 2 is 2.06 bits per heavy atom. The van der Waals surface area contributed by atoms with E-state index in [0.29, 0.717) is 11.3 Å². The van der Waals surface area contributed by atoms with Gasteiger partial charge in [0, 0.05) is 24.2 Å². The van der Waals surface area contributed by atoms with Crippen LogP contribution in [0.2, 0.25) is 5.15 Å². The largest absolute Gasteiger partial charge is 0.319 e. The summed E-state index contributed by atoms with van der Waals surface area (Å²) in [6, 6.07) is 5.04. The highest BCUT2D eigenvalue weighted by Gasteiger charge is 2.08. The van der Waals surface area contributed by atoms with Crippen molar-refractivity contribution >= 4 is 23.2 Å². The number of pyridine rings is 2. The summed E-state index contributed by atoms with van der Waals surface area (Å²) in [6.45, 7) is 1.88. The van der Waals surface area contributed by atoms with Crippen LogP contribution in [0.5, 0.6) is 0 Å². The van der Waals surface area contributed by atoms with Gasteiger partial charge in [-0.25, -0.2) is 4.98 Å². The molecule has 86 valence electrons. The number of carbonyl (C=O) groups excluding carboxylic acids is 1. The van der Waals surface area contributed by atoms with Gasteiger partial charge in [-0.3, -0.25) is 9.78 Å². The third-order valence-electron chi connectivity index (χ3n) is 2.17. The van der Waals surface area contributed by atoms with E-state index in [2.05, 4.69) is 15.3 Å². The summed E-state index contributed by atoms with van der Waals surface area (Å²) < 4.78 is 0. The van der Waals surface area contributed by atoms with Crippen molar-refractivity contribution < 1.29 is 4.79 Å². The van der Waals surface area contributed by atoms with E-state index in [1.165, 1.54) is 0 Å². The van der Waals surface area contributed by atoms with Crippen molar-refractivity contribution in [1.29, 1.82) is 0 Å². The Morgan fingerprint density at radius 1 is 1.35 bits per heavy atom. The maximum absolute atomic E-state index is 11.9. The van der Waals surface area contributed by atoms with Gasteiger partial charge in [0.05, 0.1) is 5.69 Å². The van der Waals surface area contributed by atoms with Gasteiger partial charge < -0.3 is 5.32 Å². The van der Waals surface area contributed by atoms with Crippen LogP contribution in [0.4, 0.5) is 5.69 Å². The fraction of sp³-hybridized carbons (Fsp3) is 0.0833. The fourth-order valence-corrected chi connectivity index (χ4v) is 1.49. The van der Waals surface area contributed by atoms with Gasteiger partial charge in [0.1, 0.15) is 0 Å². The molecule has 0 aliphatic carbocycles. The molecular weight excluding hydrogens is 238 g/mol. The topological polar surface area (TPSA) is 54.9 Å². The monoisotopic (exact) mass is 247 g/mol. The Bertz CT molecular complexity index is 543. The number of hydrogen-bond acceptors (Lipinski definition) is 3. The summed E-state index contributed by atoms with van der Waals surface area (Å²) in [7, 11) is 0. The van der Waals surface area contributed by atoms with Gasteiger partial charge >= 0.3 is 0 Å². The molecule has 0 unspecified atom stereocenters. The Labute approximate surface area is 104 Å². The first kappa shape index (κ1) is 11.5. The summed E-state index contributed by atoms with van der Waals surface area (Å²) in [5.74, 6) is -0.235. The molecule has 0 saturated heterocycles. The van der Waals surface area contributed by atoms with Crippen molar-refractivity contribution in [2.24, 2.45) is 0 Å². The number of nitrogens with one attached hydrogen (secondary N) is 1. The molecule has 0 aromatic carbocycles. The zero-order valence-corrected chi connectivity index (χ0v) is 9.90. The number of hydrogen-bond donors (Lipinski definition) is 1. The second kappa shape index (κ2) is 4.93. The van der Waals surface area contributed by atoms with Crippen molar-refractivity contribution in [2.45, 2.75) is 6.92 Å². The molecular formula is C12H10ClN3O. The predicted molar refractivity (Wildman–Crippen MR) is 66.2 cm³/mol. The van der Waals surface area contributed by atoms with E-state index in [-0.39, 0.29) is 11.1 Å². The normalized spacial score (nSPS) is 10.0. The van der Waals surface area contributed by atoms with Crippen molar-refractivity contribution in [1.82, 2.24) is 9.97 Å². The van der Waals surface area contributed by atoms with Crippen molar-refractivity contribution in [3.63, 3.8) is 0 Å².